The Morgan fingerprint density at radius 3 is 2.86 bits per heavy atom. The second-order valence-corrected chi connectivity index (χ2v) is 6.79. The highest BCUT2D eigenvalue weighted by atomic mass is 79.9. The molecule has 1 saturated carbocycles. The van der Waals surface area contributed by atoms with Crippen molar-refractivity contribution in [3.05, 3.63) is 46.0 Å². The topological polar surface area (TPSA) is 71.6 Å². The van der Waals surface area contributed by atoms with Crippen molar-refractivity contribution in [3.63, 3.8) is 0 Å². The lowest BCUT2D eigenvalue weighted by Gasteiger charge is -2.46. The van der Waals surface area contributed by atoms with Gasteiger partial charge < -0.3 is 4.57 Å². The Hall–Kier alpha value is -2.00. The summed E-state index contributed by atoms with van der Waals surface area (Å²) in [4.78, 5) is 11.2. The predicted molar refractivity (Wildman–Crippen MR) is 84.3 cm³/mol. The van der Waals surface area contributed by atoms with Gasteiger partial charge in [0, 0.05) is 23.5 Å². The highest BCUT2D eigenvalue weighted by Crippen LogP contribution is 2.53. The summed E-state index contributed by atoms with van der Waals surface area (Å²) in [5, 5.41) is 17.2. The van der Waals surface area contributed by atoms with Crippen LogP contribution in [0.1, 0.15) is 41.0 Å². The molecule has 0 atom stereocenters. The Kier molecular flexibility index (Phi) is 3.83. The zero-order valence-corrected chi connectivity index (χ0v) is 13.7. The molecule has 0 spiro atoms. The monoisotopic (exact) mass is 358 g/mol. The summed E-state index contributed by atoms with van der Waals surface area (Å²) in [5.41, 5.74) is 1.41. The largest absolute Gasteiger partial charge is 0.320 e. The summed E-state index contributed by atoms with van der Waals surface area (Å²) in [7, 11) is 1.92. The average molecular weight is 359 g/mol. The van der Waals surface area contributed by atoms with Crippen molar-refractivity contribution in [1.29, 1.82) is 5.26 Å². The molecule has 6 heteroatoms. The summed E-state index contributed by atoms with van der Waals surface area (Å²) in [6, 6.07) is 7.99. The van der Waals surface area contributed by atoms with Crippen molar-refractivity contribution < 1.29 is 4.79 Å². The van der Waals surface area contributed by atoms with E-state index in [4.69, 9.17) is 5.26 Å². The quantitative estimate of drug-likeness (QED) is 0.787. The molecule has 0 aliphatic heterocycles. The van der Waals surface area contributed by atoms with Crippen LogP contribution in [0, 0.1) is 17.2 Å². The molecule has 5 nitrogen and oxygen atoms in total. The number of nitriles is 1. The van der Waals surface area contributed by atoms with Gasteiger partial charge in [-0.15, -0.1) is 10.2 Å². The van der Waals surface area contributed by atoms with Crippen molar-refractivity contribution in [2.45, 2.75) is 24.7 Å². The maximum absolute atomic E-state index is 11.2. The maximum atomic E-state index is 11.2. The van der Waals surface area contributed by atoms with Gasteiger partial charge in [-0.2, -0.15) is 5.26 Å². The van der Waals surface area contributed by atoms with Gasteiger partial charge in [-0.1, -0.05) is 15.9 Å². The average Bonchev–Trinajstić information content (AvgIpc) is 2.88. The molecule has 1 fully saturated rings. The predicted octanol–water partition coefficient (Wildman–Crippen LogP) is 3.00. The summed E-state index contributed by atoms with van der Waals surface area (Å²) in [6.07, 6.45) is 4.79. The van der Waals surface area contributed by atoms with Crippen molar-refractivity contribution in [3.8, 4) is 6.07 Å². The molecule has 0 bridgehead atoms. The van der Waals surface area contributed by atoms with Gasteiger partial charge in [-0.05, 0) is 42.5 Å². The Morgan fingerprint density at radius 2 is 2.27 bits per heavy atom. The smallest absolute Gasteiger partial charge is 0.150 e. The Bertz CT molecular complexity index is 756. The van der Waals surface area contributed by atoms with Crippen LogP contribution in [0.25, 0.3) is 0 Å². The van der Waals surface area contributed by atoms with E-state index in [0.717, 1.165) is 35.0 Å². The fourth-order valence-electron chi connectivity index (χ4n) is 3.42. The first-order chi connectivity index (χ1) is 10.6. The summed E-state index contributed by atoms with van der Waals surface area (Å²) < 4.78 is 2.79. The van der Waals surface area contributed by atoms with E-state index >= 15 is 0 Å². The minimum atomic E-state index is -0.270. The van der Waals surface area contributed by atoms with Gasteiger partial charge in [0.25, 0.3) is 0 Å². The molecule has 3 rings (SSSR count). The van der Waals surface area contributed by atoms with Crippen molar-refractivity contribution in [2.75, 3.05) is 0 Å². The standard InChI is InChI=1S/C16H15BrN4O/c1-21-10-19-20-15(21)16(7-11(8-16)2-3-18)13-4-12(9-22)5-14(17)6-13/h4-6,9-11H,2,7-8H2,1H3. The second-order valence-electron chi connectivity index (χ2n) is 5.88. The van der Waals surface area contributed by atoms with Crippen LogP contribution in [0.2, 0.25) is 0 Å². The number of benzene rings is 1. The molecule has 112 valence electrons. The number of carbonyl (C=O) groups excluding carboxylic acids is 1. The van der Waals surface area contributed by atoms with Crippen LogP contribution >= 0.6 is 15.9 Å². The summed E-state index contributed by atoms with van der Waals surface area (Å²) in [6.45, 7) is 0. The van der Waals surface area contributed by atoms with E-state index in [1.54, 1.807) is 12.4 Å². The van der Waals surface area contributed by atoms with Crippen LogP contribution in [-0.4, -0.2) is 21.1 Å². The molecule has 1 aromatic carbocycles. The van der Waals surface area contributed by atoms with E-state index in [0.29, 0.717) is 17.9 Å². The van der Waals surface area contributed by atoms with Gasteiger partial charge in [0.1, 0.15) is 18.4 Å². The minimum Gasteiger partial charge on any atom is -0.320 e. The summed E-state index contributed by atoms with van der Waals surface area (Å²) >= 11 is 3.47. The lowest BCUT2D eigenvalue weighted by atomic mass is 9.57. The molecule has 2 aromatic rings. The first-order valence-corrected chi connectivity index (χ1v) is 7.86. The molecular weight excluding hydrogens is 344 g/mol. The molecular formula is C16H15BrN4O. The number of halogens is 1. The Labute approximate surface area is 137 Å². The van der Waals surface area contributed by atoms with E-state index in [2.05, 4.69) is 32.2 Å². The van der Waals surface area contributed by atoms with Gasteiger partial charge in [0.15, 0.2) is 0 Å². The first-order valence-electron chi connectivity index (χ1n) is 7.07. The number of carbonyl (C=O) groups is 1. The van der Waals surface area contributed by atoms with Crippen LogP contribution in [0.15, 0.2) is 29.0 Å². The lowest BCUT2D eigenvalue weighted by molar-refractivity contribution is 0.112. The molecule has 22 heavy (non-hydrogen) atoms. The highest BCUT2D eigenvalue weighted by molar-refractivity contribution is 9.10. The number of aryl methyl sites for hydroxylation is 1. The Balaban J connectivity index is 2.08. The number of rotatable bonds is 4. The number of hydrogen-bond acceptors (Lipinski definition) is 4. The molecule has 0 unspecified atom stereocenters. The van der Waals surface area contributed by atoms with E-state index in [-0.39, 0.29) is 5.41 Å². The highest BCUT2D eigenvalue weighted by Gasteiger charge is 2.49. The third-order valence-electron chi connectivity index (χ3n) is 4.40. The van der Waals surface area contributed by atoms with E-state index in [1.807, 2.05) is 23.7 Å². The molecule has 1 aliphatic rings. The second kappa shape index (κ2) is 5.65. The van der Waals surface area contributed by atoms with Crippen molar-refractivity contribution in [1.82, 2.24) is 14.8 Å². The van der Waals surface area contributed by atoms with Gasteiger partial charge in [-0.25, -0.2) is 0 Å². The molecule has 0 amide bonds. The van der Waals surface area contributed by atoms with E-state index < -0.39 is 0 Å². The fourth-order valence-corrected chi connectivity index (χ4v) is 3.93. The third-order valence-corrected chi connectivity index (χ3v) is 4.86. The van der Waals surface area contributed by atoms with Gasteiger partial charge in [-0.3, -0.25) is 4.79 Å². The Morgan fingerprint density at radius 1 is 1.50 bits per heavy atom. The zero-order chi connectivity index (χ0) is 15.7. The summed E-state index contributed by atoms with van der Waals surface area (Å²) in [5.74, 6) is 1.25. The zero-order valence-electron chi connectivity index (χ0n) is 12.2. The van der Waals surface area contributed by atoms with Crippen LogP contribution in [0.3, 0.4) is 0 Å². The van der Waals surface area contributed by atoms with E-state index in [9.17, 15) is 4.79 Å². The molecule has 1 aliphatic carbocycles. The van der Waals surface area contributed by atoms with Gasteiger partial charge in [0.2, 0.25) is 0 Å². The molecule has 0 N–H and O–H groups in total. The number of aromatic nitrogens is 3. The van der Waals surface area contributed by atoms with Crippen LogP contribution in [0.5, 0.6) is 0 Å². The van der Waals surface area contributed by atoms with Crippen LogP contribution in [0.4, 0.5) is 0 Å². The molecule has 0 saturated heterocycles. The number of nitrogens with zero attached hydrogens (tertiary/aromatic N) is 4. The number of hydrogen-bond donors (Lipinski definition) is 0. The van der Waals surface area contributed by atoms with Gasteiger partial charge >= 0.3 is 0 Å². The maximum Gasteiger partial charge on any atom is 0.150 e. The van der Waals surface area contributed by atoms with Crippen LogP contribution in [-0.2, 0) is 12.5 Å². The normalized spacial score (nSPS) is 23.6. The number of aldehydes is 1. The SMILES string of the molecule is Cn1cnnc1C1(c2cc(Br)cc(C=O)c2)CC(CC#N)C1. The molecule has 0 radical (unpaired) electrons. The van der Waals surface area contributed by atoms with E-state index in [1.165, 1.54) is 0 Å². The van der Waals surface area contributed by atoms with Crippen LogP contribution < -0.4 is 0 Å². The van der Waals surface area contributed by atoms with Gasteiger partial charge in [0.05, 0.1) is 11.5 Å². The minimum absolute atomic E-state index is 0.270. The molecule has 1 aromatic heterocycles. The lowest BCUT2D eigenvalue weighted by Crippen LogP contribution is -2.44. The first kappa shape index (κ1) is 14.9. The van der Waals surface area contributed by atoms with Crippen molar-refractivity contribution >= 4 is 22.2 Å². The fraction of sp³-hybridized carbons (Fsp3) is 0.375. The third kappa shape index (κ3) is 2.35. The molecule has 1 heterocycles. The van der Waals surface area contributed by atoms with Crippen molar-refractivity contribution in [2.24, 2.45) is 13.0 Å².